The van der Waals surface area contributed by atoms with Gasteiger partial charge in [0.25, 0.3) is 0 Å². The lowest BCUT2D eigenvalue weighted by Crippen LogP contribution is -2.37. The normalized spacial score (nSPS) is 23.2. The second-order valence-corrected chi connectivity index (χ2v) is 6.94. The topological polar surface area (TPSA) is 67.6 Å². The molecular formula is C16H24BrCl2N3O2. The Labute approximate surface area is 163 Å². The first kappa shape index (κ1) is 21.5. The number of nitrogens with two attached hydrogens (primary N) is 1. The Bertz CT molecular complexity index is 556. The summed E-state index contributed by atoms with van der Waals surface area (Å²) in [6.45, 7) is 3.14. The molecule has 0 radical (unpaired) electrons. The van der Waals surface area contributed by atoms with Crippen molar-refractivity contribution >= 4 is 58.0 Å². The Kier molecular flexibility index (Phi) is 8.81. The van der Waals surface area contributed by atoms with Gasteiger partial charge in [-0.25, -0.2) is 0 Å². The average molecular weight is 441 g/mol. The van der Waals surface area contributed by atoms with Gasteiger partial charge in [-0.1, -0.05) is 15.9 Å². The van der Waals surface area contributed by atoms with Crippen molar-refractivity contribution in [1.29, 1.82) is 0 Å². The highest BCUT2D eigenvalue weighted by Gasteiger charge is 2.28. The Morgan fingerprint density at radius 3 is 2.58 bits per heavy atom. The van der Waals surface area contributed by atoms with E-state index in [1.807, 2.05) is 18.2 Å². The van der Waals surface area contributed by atoms with E-state index in [-0.39, 0.29) is 42.7 Å². The standard InChI is InChI=1S/C16H22BrN3O2.2ClH/c17-12-2-4-15(20-5-7-22-8-6-20)14(10-12)19-16(21)11-1-3-13(18)9-11;;/h2,4,10-11,13H,1,3,5-9,18H2,(H,19,21);2*1H. The number of nitrogens with zero attached hydrogens (tertiary/aromatic N) is 1. The van der Waals surface area contributed by atoms with Gasteiger partial charge in [-0.3, -0.25) is 4.79 Å². The number of anilines is 2. The lowest BCUT2D eigenvalue weighted by Gasteiger charge is -2.31. The van der Waals surface area contributed by atoms with Crippen molar-refractivity contribution in [3.05, 3.63) is 22.7 Å². The number of rotatable bonds is 3. The molecule has 0 bridgehead atoms. The number of benzene rings is 1. The first-order valence-electron chi connectivity index (χ1n) is 7.82. The molecule has 5 nitrogen and oxygen atoms in total. The molecule has 1 aromatic carbocycles. The van der Waals surface area contributed by atoms with Crippen LogP contribution in [0.3, 0.4) is 0 Å². The van der Waals surface area contributed by atoms with Gasteiger partial charge in [0.05, 0.1) is 24.6 Å². The van der Waals surface area contributed by atoms with E-state index < -0.39 is 0 Å². The molecular weight excluding hydrogens is 417 g/mol. The minimum absolute atomic E-state index is 0. The van der Waals surface area contributed by atoms with E-state index in [4.69, 9.17) is 10.5 Å². The van der Waals surface area contributed by atoms with Crippen molar-refractivity contribution in [2.75, 3.05) is 36.5 Å². The number of hydrogen-bond donors (Lipinski definition) is 2. The summed E-state index contributed by atoms with van der Waals surface area (Å²) in [5, 5.41) is 3.10. The van der Waals surface area contributed by atoms with Crippen LogP contribution in [0.5, 0.6) is 0 Å². The lowest BCUT2D eigenvalue weighted by atomic mass is 10.1. The van der Waals surface area contributed by atoms with Crippen molar-refractivity contribution in [2.45, 2.75) is 25.3 Å². The smallest absolute Gasteiger partial charge is 0.227 e. The molecule has 2 unspecified atom stereocenters. The van der Waals surface area contributed by atoms with Crippen LogP contribution in [-0.2, 0) is 9.53 Å². The predicted octanol–water partition coefficient (Wildman–Crippen LogP) is 3.20. The fourth-order valence-corrected chi connectivity index (χ4v) is 3.54. The minimum atomic E-state index is 0. The van der Waals surface area contributed by atoms with Gasteiger partial charge in [-0.2, -0.15) is 0 Å². The maximum atomic E-state index is 12.5. The molecule has 1 saturated heterocycles. The Morgan fingerprint density at radius 1 is 1.25 bits per heavy atom. The van der Waals surface area contributed by atoms with Gasteiger partial charge < -0.3 is 20.7 Å². The van der Waals surface area contributed by atoms with E-state index in [2.05, 4.69) is 26.1 Å². The molecule has 2 atom stereocenters. The van der Waals surface area contributed by atoms with Crippen molar-refractivity contribution in [3.63, 3.8) is 0 Å². The van der Waals surface area contributed by atoms with Gasteiger partial charge in [0, 0.05) is 29.5 Å². The molecule has 0 aromatic heterocycles. The monoisotopic (exact) mass is 439 g/mol. The van der Waals surface area contributed by atoms with Crippen LogP contribution in [0.25, 0.3) is 0 Å². The van der Waals surface area contributed by atoms with Crippen LogP contribution in [0.1, 0.15) is 19.3 Å². The molecule has 1 aliphatic heterocycles. The molecule has 3 N–H and O–H groups in total. The first-order chi connectivity index (χ1) is 10.6. The van der Waals surface area contributed by atoms with Gasteiger partial charge >= 0.3 is 0 Å². The molecule has 24 heavy (non-hydrogen) atoms. The van der Waals surface area contributed by atoms with Crippen molar-refractivity contribution < 1.29 is 9.53 Å². The fraction of sp³-hybridized carbons (Fsp3) is 0.562. The number of hydrogen-bond acceptors (Lipinski definition) is 4. The molecule has 0 spiro atoms. The molecule has 1 saturated carbocycles. The molecule has 3 rings (SSSR count). The molecule has 1 amide bonds. The summed E-state index contributed by atoms with van der Waals surface area (Å²) in [4.78, 5) is 14.7. The summed E-state index contributed by atoms with van der Waals surface area (Å²) < 4.78 is 6.37. The van der Waals surface area contributed by atoms with Gasteiger partial charge in [0.2, 0.25) is 5.91 Å². The van der Waals surface area contributed by atoms with Gasteiger partial charge in [0.15, 0.2) is 0 Å². The number of carbonyl (C=O) groups excluding carboxylic acids is 1. The Morgan fingerprint density at radius 2 is 1.96 bits per heavy atom. The van der Waals surface area contributed by atoms with Gasteiger partial charge in [0.1, 0.15) is 0 Å². The van der Waals surface area contributed by atoms with E-state index >= 15 is 0 Å². The molecule has 1 aromatic rings. The molecule has 1 aliphatic carbocycles. The lowest BCUT2D eigenvalue weighted by molar-refractivity contribution is -0.119. The molecule has 2 fully saturated rings. The molecule has 2 aliphatic rings. The number of ether oxygens (including phenoxy) is 1. The summed E-state index contributed by atoms with van der Waals surface area (Å²) >= 11 is 3.49. The largest absolute Gasteiger partial charge is 0.378 e. The third-order valence-corrected chi connectivity index (χ3v) is 4.91. The summed E-state index contributed by atoms with van der Waals surface area (Å²) in [6, 6.07) is 6.19. The van der Waals surface area contributed by atoms with Crippen molar-refractivity contribution in [1.82, 2.24) is 0 Å². The van der Waals surface area contributed by atoms with E-state index in [0.29, 0.717) is 0 Å². The Hall–Kier alpha value is -0.530. The minimum Gasteiger partial charge on any atom is -0.378 e. The summed E-state index contributed by atoms with van der Waals surface area (Å²) in [7, 11) is 0. The molecule has 136 valence electrons. The third kappa shape index (κ3) is 5.23. The highest BCUT2D eigenvalue weighted by atomic mass is 79.9. The van der Waals surface area contributed by atoms with Crippen LogP contribution in [-0.4, -0.2) is 38.3 Å². The van der Waals surface area contributed by atoms with Crippen LogP contribution in [0, 0.1) is 5.92 Å². The second-order valence-electron chi connectivity index (χ2n) is 6.02. The van der Waals surface area contributed by atoms with E-state index in [1.54, 1.807) is 0 Å². The van der Waals surface area contributed by atoms with Gasteiger partial charge in [-0.05, 0) is 37.5 Å². The van der Waals surface area contributed by atoms with E-state index in [9.17, 15) is 4.79 Å². The Balaban J connectivity index is 0.00000144. The third-order valence-electron chi connectivity index (χ3n) is 4.41. The zero-order valence-electron chi connectivity index (χ0n) is 13.4. The zero-order valence-corrected chi connectivity index (χ0v) is 16.6. The van der Waals surface area contributed by atoms with Crippen LogP contribution in [0.2, 0.25) is 0 Å². The second kappa shape index (κ2) is 9.82. The van der Waals surface area contributed by atoms with Crippen LogP contribution in [0.15, 0.2) is 22.7 Å². The number of carbonyl (C=O) groups is 1. The quantitative estimate of drug-likeness (QED) is 0.757. The van der Waals surface area contributed by atoms with Crippen molar-refractivity contribution in [3.8, 4) is 0 Å². The first-order valence-corrected chi connectivity index (χ1v) is 8.61. The van der Waals surface area contributed by atoms with Crippen molar-refractivity contribution in [2.24, 2.45) is 11.7 Å². The SMILES string of the molecule is Cl.Cl.NC1CCC(C(=O)Nc2cc(Br)ccc2N2CCOCC2)C1. The van der Waals surface area contributed by atoms with Crippen LogP contribution >= 0.6 is 40.7 Å². The highest BCUT2D eigenvalue weighted by Crippen LogP contribution is 2.32. The van der Waals surface area contributed by atoms with E-state index in [1.165, 1.54) is 0 Å². The van der Waals surface area contributed by atoms with Crippen LogP contribution < -0.4 is 16.0 Å². The number of morpholine rings is 1. The molecule has 8 heteroatoms. The predicted molar refractivity (Wildman–Crippen MR) is 106 cm³/mol. The number of amides is 1. The number of nitrogens with one attached hydrogen (secondary N) is 1. The van der Waals surface area contributed by atoms with Gasteiger partial charge in [-0.15, -0.1) is 24.8 Å². The maximum absolute atomic E-state index is 12.5. The maximum Gasteiger partial charge on any atom is 0.227 e. The summed E-state index contributed by atoms with van der Waals surface area (Å²) in [5.74, 6) is 0.118. The zero-order chi connectivity index (χ0) is 15.5. The van der Waals surface area contributed by atoms with E-state index in [0.717, 1.165) is 61.4 Å². The highest BCUT2D eigenvalue weighted by molar-refractivity contribution is 9.10. The fourth-order valence-electron chi connectivity index (χ4n) is 3.18. The summed E-state index contributed by atoms with van der Waals surface area (Å²) in [6.07, 6.45) is 2.60. The summed E-state index contributed by atoms with van der Waals surface area (Å²) in [5.41, 5.74) is 7.84. The molecule has 1 heterocycles. The number of halogens is 3. The average Bonchev–Trinajstić information content (AvgIpc) is 2.95. The van der Waals surface area contributed by atoms with Crippen LogP contribution in [0.4, 0.5) is 11.4 Å².